The van der Waals surface area contributed by atoms with Crippen LogP contribution in [0.1, 0.15) is 38.5 Å². The van der Waals surface area contributed by atoms with Crippen molar-refractivity contribution in [3.05, 3.63) is 30.3 Å². The number of aromatic nitrogens is 2. The molecule has 0 radical (unpaired) electrons. The summed E-state index contributed by atoms with van der Waals surface area (Å²) < 4.78 is 11.8. The Labute approximate surface area is 202 Å². The molecule has 0 aliphatic carbocycles. The number of nitrogens with zero attached hydrogens (tertiary/aromatic N) is 6. The van der Waals surface area contributed by atoms with Crippen LogP contribution in [-0.4, -0.2) is 80.1 Å². The van der Waals surface area contributed by atoms with Crippen LogP contribution in [0.4, 0.5) is 17.6 Å². The van der Waals surface area contributed by atoms with Crippen molar-refractivity contribution in [2.75, 3.05) is 73.6 Å². The van der Waals surface area contributed by atoms with Crippen molar-refractivity contribution in [2.45, 2.75) is 44.8 Å². The van der Waals surface area contributed by atoms with Crippen molar-refractivity contribution < 1.29 is 9.47 Å². The molecule has 3 fully saturated rings. The van der Waals surface area contributed by atoms with Crippen molar-refractivity contribution >= 4 is 17.6 Å². The number of ether oxygens (including phenoxy) is 2. The van der Waals surface area contributed by atoms with Crippen molar-refractivity contribution in [1.82, 2.24) is 14.9 Å². The van der Waals surface area contributed by atoms with Crippen molar-refractivity contribution in [2.24, 2.45) is 0 Å². The maximum absolute atomic E-state index is 5.91. The van der Waals surface area contributed by atoms with Gasteiger partial charge in [-0.2, -0.15) is 9.97 Å². The minimum atomic E-state index is -0.146. The van der Waals surface area contributed by atoms with Crippen LogP contribution in [0.3, 0.4) is 0 Å². The first-order chi connectivity index (χ1) is 16.8. The van der Waals surface area contributed by atoms with Gasteiger partial charge in [0.1, 0.15) is 11.6 Å². The molecule has 0 spiro atoms. The summed E-state index contributed by atoms with van der Waals surface area (Å²) in [6, 6.07) is 10.2. The quantitative estimate of drug-likeness (QED) is 0.618. The lowest BCUT2D eigenvalue weighted by molar-refractivity contribution is 0.0373. The van der Waals surface area contributed by atoms with Crippen LogP contribution in [0.2, 0.25) is 0 Å². The van der Waals surface area contributed by atoms with Gasteiger partial charge in [-0.3, -0.25) is 4.90 Å². The molecule has 8 heteroatoms. The maximum atomic E-state index is 5.91. The molecule has 34 heavy (non-hydrogen) atoms. The molecule has 182 valence electrons. The van der Waals surface area contributed by atoms with Crippen LogP contribution in [0.5, 0.6) is 11.5 Å². The summed E-state index contributed by atoms with van der Waals surface area (Å²) in [7, 11) is 0. The normalized spacial score (nSPS) is 21.1. The van der Waals surface area contributed by atoms with Gasteiger partial charge < -0.3 is 24.2 Å². The second-order valence-electron chi connectivity index (χ2n) is 9.86. The lowest BCUT2D eigenvalue weighted by atomic mass is 10.2. The lowest BCUT2D eigenvalue weighted by Gasteiger charge is -2.36. The van der Waals surface area contributed by atoms with E-state index in [1.165, 1.54) is 25.7 Å². The van der Waals surface area contributed by atoms with E-state index in [9.17, 15) is 0 Å². The van der Waals surface area contributed by atoms with E-state index in [4.69, 9.17) is 19.4 Å². The first-order valence-corrected chi connectivity index (χ1v) is 13.1. The molecular formula is C26H36N6O2. The number of anilines is 3. The first kappa shape index (κ1) is 21.8. The predicted molar refractivity (Wildman–Crippen MR) is 134 cm³/mol. The van der Waals surface area contributed by atoms with Crippen LogP contribution in [-0.2, 0) is 0 Å². The van der Waals surface area contributed by atoms with Crippen LogP contribution in [0.25, 0.3) is 0 Å². The topological polar surface area (TPSA) is 57.2 Å². The standard InChI is InChI=1S/C26H36N6O2/c1-2-9-22-21(8-1)33-25(34-22)10-7-11-29-16-18-31(19-17-29)24-20-23(30-12-3-4-13-30)27-26(28-24)32-14-5-6-15-32/h1-2,8-9,20,25H,3-7,10-19H2. The lowest BCUT2D eigenvalue weighted by Crippen LogP contribution is -2.47. The Kier molecular flexibility index (Phi) is 6.31. The minimum absolute atomic E-state index is 0.146. The van der Waals surface area contributed by atoms with Gasteiger partial charge >= 0.3 is 0 Å². The Morgan fingerprint density at radius 3 is 1.88 bits per heavy atom. The molecule has 5 heterocycles. The first-order valence-electron chi connectivity index (χ1n) is 13.1. The third-order valence-electron chi connectivity index (χ3n) is 7.48. The van der Waals surface area contributed by atoms with E-state index in [1.807, 2.05) is 24.3 Å². The van der Waals surface area contributed by atoms with Gasteiger partial charge in [0.15, 0.2) is 11.5 Å². The zero-order valence-corrected chi connectivity index (χ0v) is 20.1. The van der Waals surface area contributed by atoms with Crippen LogP contribution in [0, 0.1) is 0 Å². The summed E-state index contributed by atoms with van der Waals surface area (Å²) in [6.45, 7) is 9.62. The highest BCUT2D eigenvalue weighted by Crippen LogP contribution is 2.35. The Morgan fingerprint density at radius 1 is 0.706 bits per heavy atom. The molecule has 0 unspecified atom stereocenters. The summed E-state index contributed by atoms with van der Waals surface area (Å²) in [5.41, 5.74) is 0. The SMILES string of the molecule is c1ccc2c(c1)OC(CCCN1CCN(c3cc(N4CCCC4)nc(N4CCCC4)n3)CC1)O2. The van der Waals surface area contributed by atoms with E-state index in [0.29, 0.717) is 0 Å². The van der Waals surface area contributed by atoms with Crippen molar-refractivity contribution in [3.63, 3.8) is 0 Å². The summed E-state index contributed by atoms with van der Waals surface area (Å²) in [5.74, 6) is 4.88. The van der Waals surface area contributed by atoms with E-state index in [2.05, 4.69) is 25.7 Å². The van der Waals surface area contributed by atoms with Crippen LogP contribution in [0.15, 0.2) is 30.3 Å². The van der Waals surface area contributed by atoms with Crippen molar-refractivity contribution in [1.29, 1.82) is 0 Å². The highest BCUT2D eigenvalue weighted by Gasteiger charge is 2.26. The molecule has 0 saturated carbocycles. The molecular weight excluding hydrogens is 428 g/mol. The molecule has 1 aromatic carbocycles. The molecule has 0 bridgehead atoms. The molecule has 2 aromatic rings. The number of benzene rings is 1. The molecule has 1 aromatic heterocycles. The molecule has 3 saturated heterocycles. The fourth-order valence-corrected chi connectivity index (χ4v) is 5.49. The highest BCUT2D eigenvalue weighted by molar-refractivity contribution is 5.56. The van der Waals surface area contributed by atoms with Crippen LogP contribution < -0.4 is 24.2 Å². The molecule has 4 aliphatic heterocycles. The van der Waals surface area contributed by atoms with Gasteiger partial charge in [-0.1, -0.05) is 12.1 Å². The molecule has 6 rings (SSSR count). The average Bonchev–Trinajstić information content (AvgIpc) is 3.66. The third-order valence-corrected chi connectivity index (χ3v) is 7.48. The zero-order valence-electron chi connectivity index (χ0n) is 20.1. The second kappa shape index (κ2) is 9.86. The van der Waals surface area contributed by atoms with E-state index in [1.54, 1.807) is 0 Å². The Morgan fingerprint density at radius 2 is 1.26 bits per heavy atom. The Balaban J connectivity index is 1.03. The summed E-state index contributed by atoms with van der Waals surface area (Å²) >= 11 is 0. The highest BCUT2D eigenvalue weighted by atomic mass is 16.7. The molecule has 0 N–H and O–H groups in total. The third kappa shape index (κ3) is 4.73. The van der Waals surface area contributed by atoms with Gasteiger partial charge in [-0.25, -0.2) is 0 Å². The molecule has 8 nitrogen and oxygen atoms in total. The van der Waals surface area contributed by atoms with E-state index < -0.39 is 0 Å². The van der Waals surface area contributed by atoms with E-state index in [0.717, 1.165) is 101 Å². The number of hydrogen-bond donors (Lipinski definition) is 0. The van der Waals surface area contributed by atoms with Gasteiger partial charge in [-0.15, -0.1) is 0 Å². The Hall–Kier alpha value is -2.74. The summed E-state index contributed by atoms with van der Waals surface area (Å²) in [4.78, 5) is 19.8. The van der Waals surface area contributed by atoms with Gasteiger partial charge in [0.25, 0.3) is 0 Å². The second-order valence-corrected chi connectivity index (χ2v) is 9.86. The van der Waals surface area contributed by atoms with Crippen molar-refractivity contribution in [3.8, 4) is 11.5 Å². The van der Waals surface area contributed by atoms with Crippen LogP contribution >= 0.6 is 0 Å². The monoisotopic (exact) mass is 464 g/mol. The molecule has 0 amide bonds. The van der Waals surface area contributed by atoms with Gasteiger partial charge in [0, 0.05) is 64.8 Å². The van der Waals surface area contributed by atoms with Gasteiger partial charge in [0.2, 0.25) is 12.2 Å². The fraction of sp³-hybridized carbons (Fsp3) is 0.615. The minimum Gasteiger partial charge on any atom is -0.451 e. The van der Waals surface area contributed by atoms with Gasteiger partial charge in [-0.05, 0) is 50.8 Å². The number of piperazine rings is 1. The maximum Gasteiger partial charge on any atom is 0.241 e. The number of rotatable bonds is 7. The summed E-state index contributed by atoms with van der Waals surface area (Å²) in [6.07, 6.45) is 6.86. The van der Waals surface area contributed by atoms with E-state index in [-0.39, 0.29) is 6.29 Å². The largest absolute Gasteiger partial charge is 0.451 e. The molecule has 4 aliphatic rings. The number of hydrogen-bond acceptors (Lipinski definition) is 8. The average molecular weight is 465 g/mol. The smallest absolute Gasteiger partial charge is 0.241 e. The zero-order chi connectivity index (χ0) is 22.7. The molecule has 0 atom stereocenters. The van der Waals surface area contributed by atoms with E-state index >= 15 is 0 Å². The van der Waals surface area contributed by atoms with Gasteiger partial charge in [0.05, 0.1) is 0 Å². The number of fused-ring (bicyclic) bond motifs is 1. The number of para-hydroxylation sites is 2. The fourth-order valence-electron chi connectivity index (χ4n) is 5.49. The predicted octanol–water partition coefficient (Wildman–Crippen LogP) is 3.38. The Bertz CT molecular complexity index is 908. The summed E-state index contributed by atoms with van der Waals surface area (Å²) in [5, 5.41) is 0.